The van der Waals surface area contributed by atoms with Crippen molar-refractivity contribution in [1.82, 2.24) is 0 Å². The van der Waals surface area contributed by atoms with Crippen LogP contribution in [0.4, 0.5) is 0 Å². The molecule has 0 spiro atoms. The Morgan fingerprint density at radius 1 is 0.923 bits per heavy atom. The van der Waals surface area contributed by atoms with E-state index in [1.807, 2.05) is 0 Å². The van der Waals surface area contributed by atoms with E-state index in [4.69, 9.17) is 4.74 Å². The second-order valence-corrected chi connectivity index (χ2v) is 4.12. The smallest absolute Gasteiger partial charge is 0.0681 e. The maximum Gasteiger partial charge on any atom is 0.0681 e. The Bertz CT molecular complexity index is 158. The molecule has 0 bridgehead atoms. The lowest BCUT2D eigenvalue weighted by molar-refractivity contribution is 0.169. The van der Waals surface area contributed by atoms with E-state index in [2.05, 4.69) is 40.9 Å². The molecule has 0 heterocycles. The summed E-state index contributed by atoms with van der Waals surface area (Å²) >= 11 is 0. The van der Waals surface area contributed by atoms with Crippen LogP contribution in [0.1, 0.15) is 27.7 Å². The monoisotopic (exact) mass is 182 g/mol. The zero-order valence-corrected chi connectivity index (χ0v) is 9.39. The van der Waals surface area contributed by atoms with E-state index in [0.717, 1.165) is 11.1 Å². The van der Waals surface area contributed by atoms with Crippen LogP contribution in [0.15, 0.2) is 24.3 Å². The van der Waals surface area contributed by atoms with Crippen molar-refractivity contribution in [2.75, 3.05) is 13.2 Å². The molecule has 0 saturated heterocycles. The SMILES string of the molecule is C=C(COCC(=C)C(C)C)C(C)C. The Labute approximate surface area is 82.5 Å². The van der Waals surface area contributed by atoms with Gasteiger partial charge in [-0.1, -0.05) is 40.9 Å². The first-order valence-electron chi connectivity index (χ1n) is 4.88. The quantitative estimate of drug-likeness (QED) is 0.572. The molecule has 0 radical (unpaired) electrons. The largest absolute Gasteiger partial charge is 0.373 e. The van der Waals surface area contributed by atoms with Crippen molar-refractivity contribution in [3.8, 4) is 0 Å². The molecule has 1 nitrogen and oxygen atoms in total. The Hall–Kier alpha value is -0.560. The molecule has 0 aromatic heterocycles. The molecule has 0 N–H and O–H groups in total. The predicted octanol–water partition coefficient (Wildman–Crippen LogP) is 3.43. The maximum atomic E-state index is 5.48. The number of hydrogen-bond donors (Lipinski definition) is 0. The van der Waals surface area contributed by atoms with Gasteiger partial charge in [-0.15, -0.1) is 0 Å². The number of rotatable bonds is 6. The van der Waals surface area contributed by atoms with Crippen molar-refractivity contribution in [3.05, 3.63) is 24.3 Å². The summed E-state index contributed by atoms with van der Waals surface area (Å²) in [5.74, 6) is 1.01. The second-order valence-electron chi connectivity index (χ2n) is 4.12. The van der Waals surface area contributed by atoms with Gasteiger partial charge in [0.25, 0.3) is 0 Å². The maximum absolute atomic E-state index is 5.48. The van der Waals surface area contributed by atoms with Crippen LogP contribution in [0.3, 0.4) is 0 Å². The van der Waals surface area contributed by atoms with Gasteiger partial charge < -0.3 is 4.74 Å². The van der Waals surface area contributed by atoms with Gasteiger partial charge in [0.05, 0.1) is 13.2 Å². The first-order valence-corrected chi connectivity index (χ1v) is 4.88. The molecule has 0 aromatic carbocycles. The molecular weight excluding hydrogens is 160 g/mol. The second kappa shape index (κ2) is 5.98. The number of hydrogen-bond acceptors (Lipinski definition) is 1. The topological polar surface area (TPSA) is 9.23 Å². The van der Waals surface area contributed by atoms with Gasteiger partial charge in [0.15, 0.2) is 0 Å². The molecule has 0 unspecified atom stereocenters. The lowest BCUT2D eigenvalue weighted by Crippen LogP contribution is -2.07. The molecule has 0 atom stereocenters. The van der Waals surface area contributed by atoms with Crippen molar-refractivity contribution >= 4 is 0 Å². The van der Waals surface area contributed by atoms with Gasteiger partial charge >= 0.3 is 0 Å². The summed E-state index contributed by atoms with van der Waals surface area (Å²) in [7, 11) is 0. The molecule has 76 valence electrons. The van der Waals surface area contributed by atoms with Crippen LogP contribution in [-0.2, 0) is 4.74 Å². The lowest BCUT2D eigenvalue weighted by atomic mass is 10.1. The summed E-state index contributed by atoms with van der Waals surface area (Å²) in [6, 6.07) is 0. The highest BCUT2D eigenvalue weighted by Gasteiger charge is 2.02. The van der Waals surface area contributed by atoms with E-state index in [9.17, 15) is 0 Å². The molecule has 13 heavy (non-hydrogen) atoms. The third-order valence-electron chi connectivity index (χ3n) is 2.21. The van der Waals surface area contributed by atoms with E-state index in [1.165, 1.54) is 0 Å². The minimum Gasteiger partial charge on any atom is -0.373 e. The van der Waals surface area contributed by atoms with Gasteiger partial charge in [0, 0.05) is 0 Å². The predicted molar refractivity (Wildman–Crippen MR) is 58.8 cm³/mol. The van der Waals surface area contributed by atoms with E-state index >= 15 is 0 Å². The first-order chi connectivity index (χ1) is 5.95. The fraction of sp³-hybridized carbons (Fsp3) is 0.667. The van der Waals surface area contributed by atoms with E-state index in [1.54, 1.807) is 0 Å². The van der Waals surface area contributed by atoms with Gasteiger partial charge in [-0.2, -0.15) is 0 Å². The molecule has 0 aliphatic heterocycles. The zero-order chi connectivity index (χ0) is 10.4. The lowest BCUT2D eigenvalue weighted by Gasteiger charge is -2.13. The van der Waals surface area contributed by atoms with E-state index < -0.39 is 0 Å². The van der Waals surface area contributed by atoms with Gasteiger partial charge in [0.1, 0.15) is 0 Å². The average molecular weight is 182 g/mol. The third-order valence-corrected chi connectivity index (χ3v) is 2.21. The molecule has 0 amide bonds. The standard InChI is InChI=1S/C12H22O/c1-9(2)11(5)7-13-8-12(6)10(3)4/h9-10H,5-8H2,1-4H3. The molecule has 0 aromatic rings. The van der Waals surface area contributed by atoms with Crippen LogP contribution >= 0.6 is 0 Å². The zero-order valence-electron chi connectivity index (χ0n) is 9.39. The normalized spacial score (nSPS) is 10.9. The Balaban J connectivity index is 3.57. The van der Waals surface area contributed by atoms with Crippen molar-refractivity contribution in [1.29, 1.82) is 0 Å². The average Bonchev–Trinajstić information content (AvgIpc) is 2.03. The Kier molecular flexibility index (Phi) is 5.72. The van der Waals surface area contributed by atoms with Gasteiger partial charge in [-0.05, 0) is 23.0 Å². The minimum atomic E-state index is 0.507. The highest BCUT2D eigenvalue weighted by Crippen LogP contribution is 2.10. The molecule has 0 saturated carbocycles. The highest BCUT2D eigenvalue weighted by atomic mass is 16.5. The molecule has 0 rings (SSSR count). The van der Waals surface area contributed by atoms with Crippen LogP contribution < -0.4 is 0 Å². The Morgan fingerprint density at radius 2 is 1.23 bits per heavy atom. The van der Waals surface area contributed by atoms with Crippen LogP contribution in [0, 0.1) is 11.8 Å². The van der Waals surface area contributed by atoms with Gasteiger partial charge in [-0.3, -0.25) is 0 Å². The molecular formula is C12H22O. The summed E-state index contributed by atoms with van der Waals surface area (Å²) in [4.78, 5) is 0. The van der Waals surface area contributed by atoms with E-state index in [-0.39, 0.29) is 0 Å². The van der Waals surface area contributed by atoms with Crippen molar-refractivity contribution in [2.24, 2.45) is 11.8 Å². The molecule has 0 aliphatic carbocycles. The van der Waals surface area contributed by atoms with Crippen molar-refractivity contribution < 1.29 is 4.74 Å². The molecule has 0 fully saturated rings. The fourth-order valence-corrected chi connectivity index (χ4v) is 0.647. The third kappa shape index (κ3) is 5.64. The fourth-order valence-electron chi connectivity index (χ4n) is 0.647. The summed E-state index contributed by atoms with van der Waals surface area (Å²) in [6.45, 7) is 17.7. The summed E-state index contributed by atoms with van der Waals surface area (Å²) in [5.41, 5.74) is 2.30. The minimum absolute atomic E-state index is 0.507. The van der Waals surface area contributed by atoms with Crippen LogP contribution in [-0.4, -0.2) is 13.2 Å². The highest BCUT2D eigenvalue weighted by molar-refractivity contribution is 5.00. The van der Waals surface area contributed by atoms with Crippen molar-refractivity contribution in [3.63, 3.8) is 0 Å². The van der Waals surface area contributed by atoms with Crippen LogP contribution in [0.25, 0.3) is 0 Å². The van der Waals surface area contributed by atoms with Gasteiger partial charge in [0.2, 0.25) is 0 Å². The Morgan fingerprint density at radius 3 is 1.46 bits per heavy atom. The van der Waals surface area contributed by atoms with Gasteiger partial charge in [-0.25, -0.2) is 0 Å². The van der Waals surface area contributed by atoms with Crippen LogP contribution in [0.5, 0.6) is 0 Å². The van der Waals surface area contributed by atoms with E-state index in [0.29, 0.717) is 25.0 Å². The summed E-state index contributed by atoms with van der Waals surface area (Å²) in [5, 5.41) is 0. The first kappa shape index (κ1) is 12.4. The number of ether oxygens (including phenoxy) is 1. The van der Waals surface area contributed by atoms with Crippen LogP contribution in [0.2, 0.25) is 0 Å². The molecule has 0 aliphatic rings. The molecule has 1 heteroatoms. The summed E-state index contributed by atoms with van der Waals surface area (Å²) < 4.78 is 5.48. The summed E-state index contributed by atoms with van der Waals surface area (Å²) in [6.07, 6.45) is 0. The van der Waals surface area contributed by atoms with Crippen molar-refractivity contribution in [2.45, 2.75) is 27.7 Å².